The third-order valence-electron chi connectivity index (χ3n) is 14.2. The first-order chi connectivity index (χ1) is 37.0. The topological polar surface area (TPSA) is 78.9 Å². The molecule has 0 bridgehead atoms. The van der Waals surface area contributed by atoms with Crippen LogP contribution < -0.4 is 0 Å². The van der Waals surface area contributed by atoms with Crippen molar-refractivity contribution < 1.29 is 28.6 Å². The molecular weight excluding hydrogens is 925 g/mol. The van der Waals surface area contributed by atoms with Crippen molar-refractivity contribution in [3.05, 3.63) is 72.9 Å². The highest BCUT2D eigenvalue weighted by molar-refractivity contribution is 5.71. The zero-order chi connectivity index (χ0) is 54.3. The minimum atomic E-state index is -0.794. The quantitative estimate of drug-likeness (QED) is 0.0261. The second-order valence-corrected chi connectivity index (χ2v) is 21.6. The van der Waals surface area contributed by atoms with Crippen LogP contribution in [0.1, 0.15) is 329 Å². The Hall–Kier alpha value is -3.15. The summed E-state index contributed by atoms with van der Waals surface area (Å²) >= 11 is 0. The number of carbonyl (C=O) groups excluding carboxylic acids is 3. The van der Waals surface area contributed by atoms with E-state index in [0.29, 0.717) is 19.3 Å². The molecule has 0 aliphatic carbocycles. The summed E-state index contributed by atoms with van der Waals surface area (Å²) in [6.45, 7) is 6.50. The summed E-state index contributed by atoms with van der Waals surface area (Å²) in [4.78, 5) is 38.3. The molecule has 0 rings (SSSR count). The molecule has 1 atom stereocenters. The van der Waals surface area contributed by atoms with Gasteiger partial charge in [-0.1, -0.05) is 299 Å². The van der Waals surface area contributed by atoms with E-state index in [1.807, 2.05) is 0 Å². The molecule has 0 aromatic carbocycles. The first-order valence-electron chi connectivity index (χ1n) is 32.4. The molecule has 0 saturated heterocycles. The molecule has 0 spiro atoms. The lowest BCUT2D eigenvalue weighted by Crippen LogP contribution is -2.30. The van der Waals surface area contributed by atoms with Crippen molar-refractivity contribution in [3.8, 4) is 0 Å². The Morgan fingerprint density at radius 2 is 0.533 bits per heavy atom. The molecule has 0 aliphatic rings. The maximum Gasteiger partial charge on any atom is 0.306 e. The summed E-state index contributed by atoms with van der Waals surface area (Å²) in [7, 11) is 0. The standard InChI is InChI=1S/C69H122O6/c1-4-7-10-13-16-19-22-25-28-30-31-32-33-34-35-36-37-38-40-41-44-47-50-53-56-59-62-68(71)74-65-66(64-73-67(70)61-58-55-52-49-46-43-27-24-21-18-15-12-9-6-3)75-69(72)63-60-57-54-51-48-45-42-39-29-26-23-20-17-14-11-8-5-2/h8,11,15,17-18,20,24,26-27,29,42,45,66H,4-7,9-10,12-14,16,19,21-23,25,28,30-41,43-44,46-65H2,1-3H3/b11-8-,18-15-,20-17-,27-24-,29-26-,45-42-. The van der Waals surface area contributed by atoms with Gasteiger partial charge in [-0.05, 0) is 83.5 Å². The predicted molar refractivity (Wildman–Crippen MR) is 325 cm³/mol. The van der Waals surface area contributed by atoms with Gasteiger partial charge in [0.2, 0.25) is 0 Å². The summed E-state index contributed by atoms with van der Waals surface area (Å²) < 4.78 is 16.9. The minimum absolute atomic E-state index is 0.0875. The molecule has 0 N–H and O–H groups in total. The van der Waals surface area contributed by atoms with Gasteiger partial charge in [0.1, 0.15) is 13.2 Å². The van der Waals surface area contributed by atoms with Gasteiger partial charge >= 0.3 is 17.9 Å². The number of carbonyl (C=O) groups is 3. The van der Waals surface area contributed by atoms with Crippen molar-refractivity contribution in [2.24, 2.45) is 0 Å². The molecule has 0 heterocycles. The van der Waals surface area contributed by atoms with Crippen LogP contribution in [0, 0.1) is 0 Å². The summed E-state index contributed by atoms with van der Waals surface area (Å²) in [6.07, 6.45) is 82.1. The first kappa shape index (κ1) is 71.8. The average molecular weight is 1050 g/mol. The zero-order valence-electron chi connectivity index (χ0n) is 49.8. The van der Waals surface area contributed by atoms with Gasteiger partial charge in [-0.25, -0.2) is 0 Å². The number of esters is 3. The third-order valence-corrected chi connectivity index (χ3v) is 14.2. The second-order valence-electron chi connectivity index (χ2n) is 21.6. The van der Waals surface area contributed by atoms with Gasteiger partial charge in [-0.15, -0.1) is 0 Å². The smallest absolute Gasteiger partial charge is 0.306 e. The Morgan fingerprint density at radius 1 is 0.280 bits per heavy atom. The molecule has 0 amide bonds. The molecule has 1 unspecified atom stereocenters. The van der Waals surface area contributed by atoms with E-state index in [0.717, 1.165) is 122 Å². The molecule has 75 heavy (non-hydrogen) atoms. The van der Waals surface area contributed by atoms with Crippen LogP contribution in [0.5, 0.6) is 0 Å². The van der Waals surface area contributed by atoms with Gasteiger partial charge in [0.15, 0.2) is 6.10 Å². The molecule has 6 nitrogen and oxygen atoms in total. The Morgan fingerprint density at radius 3 is 0.853 bits per heavy atom. The highest BCUT2D eigenvalue weighted by Crippen LogP contribution is 2.17. The van der Waals surface area contributed by atoms with Crippen molar-refractivity contribution in [1.82, 2.24) is 0 Å². The maximum absolute atomic E-state index is 12.9. The fraction of sp³-hybridized carbons (Fsp3) is 0.783. The molecule has 0 fully saturated rings. The molecule has 0 aromatic rings. The Bertz CT molecular complexity index is 1390. The van der Waals surface area contributed by atoms with Crippen LogP contribution in [0.4, 0.5) is 0 Å². The average Bonchev–Trinajstić information content (AvgIpc) is 3.41. The van der Waals surface area contributed by atoms with Crippen LogP contribution in [-0.4, -0.2) is 37.2 Å². The van der Waals surface area contributed by atoms with Crippen molar-refractivity contribution >= 4 is 17.9 Å². The number of hydrogen-bond donors (Lipinski definition) is 0. The van der Waals surface area contributed by atoms with Crippen molar-refractivity contribution in [2.75, 3.05) is 13.2 Å². The zero-order valence-corrected chi connectivity index (χ0v) is 49.8. The van der Waals surface area contributed by atoms with E-state index in [-0.39, 0.29) is 31.1 Å². The lowest BCUT2D eigenvalue weighted by atomic mass is 10.0. The molecule has 434 valence electrons. The lowest BCUT2D eigenvalue weighted by molar-refractivity contribution is -0.167. The fourth-order valence-electron chi connectivity index (χ4n) is 9.34. The molecule has 0 saturated carbocycles. The van der Waals surface area contributed by atoms with Crippen molar-refractivity contribution in [2.45, 2.75) is 335 Å². The normalized spacial score (nSPS) is 12.5. The number of unbranched alkanes of at least 4 members (excludes halogenated alkanes) is 36. The number of rotatable bonds is 59. The van der Waals surface area contributed by atoms with Gasteiger partial charge in [-0.2, -0.15) is 0 Å². The highest BCUT2D eigenvalue weighted by atomic mass is 16.6. The van der Waals surface area contributed by atoms with Gasteiger partial charge in [0, 0.05) is 19.3 Å². The van der Waals surface area contributed by atoms with E-state index in [4.69, 9.17) is 14.2 Å². The van der Waals surface area contributed by atoms with E-state index in [9.17, 15) is 14.4 Å². The summed E-state index contributed by atoms with van der Waals surface area (Å²) in [5.41, 5.74) is 0. The number of allylic oxidation sites excluding steroid dienone is 12. The van der Waals surface area contributed by atoms with Crippen molar-refractivity contribution in [1.29, 1.82) is 0 Å². The van der Waals surface area contributed by atoms with Gasteiger partial charge in [0.25, 0.3) is 0 Å². The lowest BCUT2D eigenvalue weighted by Gasteiger charge is -2.18. The summed E-state index contributed by atoms with van der Waals surface area (Å²) in [6, 6.07) is 0. The Balaban J connectivity index is 4.28. The molecule has 0 aliphatic heterocycles. The number of ether oxygens (including phenoxy) is 3. The van der Waals surface area contributed by atoms with Gasteiger partial charge in [0.05, 0.1) is 0 Å². The molecular formula is C69H122O6. The van der Waals surface area contributed by atoms with E-state index in [1.165, 1.54) is 167 Å². The molecule has 0 aromatic heterocycles. The Labute approximate surface area is 465 Å². The van der Waals surface area contributed by atoms with Crippen LogP contribution in [0.3, 0.4) is 0 Å². The predicted octanol–water partition coefficient (Wildman–Crippen LogP) is 22.1. The van der Waals surface area contributed by atoms with E-state index >= 15 is 0 Å². The fourth-order valence-corrected chi connectivity index (χ4v) is 9.34. The van der Waals surface area contributed by atoms with Crippen LogP contribution in [0.25, 0.3) is 0 Å². The van der Waals surface area contributed by atoms with Crippen LogP contribution in [0.2, 0.25) is 0 Å². The monoisotopic (exact) mass is 1050 g/mol. The van der Waals surface area contributed by atoms with E-state index in [1.54, 1.807) is 0 Å². The summed E-state index contributed by atoms with van der Waals surface area (Å²) in [5, 5.41) is 0. The van der Waals surface area contributed by atoms with E-state index in [2.05, 4.69) is 93.7 Å². The molecule has 6 heteroatoms. The van der Waals surface area contributed by atoms with Gasteiger partial charge < -0.3 is 14.2 Å². The second kappa shape index (κ2) is 63.4. The van der Waals surface area contributed by atoms with Crippen molar-refractivity contribution in [3.63, 3.8) is 0 Å². The Kier molecular flexibility index (Phi) is 60.7. The van der Waals surface area contributed by atoms with E-state index < -0.39 is 6.10 Å². The van der Waals surface area contributed by atoms with Crippen LogP contribution >= 0.6 is 0 Å². The minimum Gasteiger partial charge on any atom is -0.462 e. The van der Waals surface area contributed by atoms with Crippen LogP contribution in [0.15, 0.2) is 72.9 Å². The first-order valence-corrected chi connectivity index (χ1v) is 32.4. The third kappa shape index (κ3) is 61.6. The summed E-state index contributed by atoms with van der Waals surface area (Å²) in [5.74, 6) is -0.911. The van der Waals surface area contributed by atoms with Gasteiger partial charge in [-0.3, -0.25) is 14.4 Å². The largest absolute Gasteiger partial charge is 0.462 e. The molecule has 0 radical (unpaired) electrons. The SMILES string of the molecule is CC/C=C\C/C=C\C/C=C\C/C=C\CCCCCCC(=O)OC(COC(=O)CCCCCCC/C=C\C/C=C\CCCC)COC(=O)CCCCCCCCCCCCCCCCCCCCCCCCCCCC. The number of hydrogen-bond acceptors (Lipinski definition) is 6. The highest BCUT2D eigenvalue weighted by Gasteiger charge is 2.19. The van der Waals surface area contributed by atoms with Crippen LogP contribution in [-0.2, 0) is 28.6 Å². The maximum atomic E-state index is 12.9.